The molecule has 0 radical (unpaired) electrons. The van der Waals surface area contributed by atoms with Crippen LogP contribution in [0.1, 0.15) is 11.0 Å². The maximum absolute atomic E-state index is 11.2. The zero-order valence-electron chi connectivity index (χ0n) is 9.50. The van der Waals surface area contributed by atoms with Gasteiger partial charge in [-0.2, -0.15) is 0 Å². The van der Waals surface area contributed by atoms with Crippen LogP contribution in [-0.2, 0) is 4.79 Å². The van der Waals surface area contributed by atoms with Crippen LogP contribution in [0.15, 0.2) is 0 Å². The van der Waals surface area contributed by atoms with Gasteiger partial charge in [0.1, 0.15) is 0 Å². The summed E-state index contributed by atoms with van der Waals surface area (Å²) in [6.07, 6.45) is 0. The molecule has 1 saturated heterocycles. The van der Waals surface area contributed by atoms with Gasteiger partial charge in [0.05, 0.1) is 5.89 Å². The van der Waals surface area contributed by atoms with E-state index in [1.54, 1.807) is 0 Å². The third-order valence-electron chi connectivity index (χ3n) is 0.857. The summed E-state index contributed by atoms with van der Waals surface area (Å²) in [5, 5.41) is 0.0804. The van der Waals surface area contributed by atoms with E-state index in [2.05, 4.69) is 0 Å². The SMILES string of the molecule is [2H]C([2H])C1([2H])CN([2H])C(=O)N([2H])C1=O. The maximum atomic E-state index is 11.2. The molecule has 4 nitrogen and oxygen atoms in total. The third kappa shape index (κ3) is 1.19. The van der Waals surface area contributed by atoms with E-state index in [1.165, 1.54) is 0 Å². The van der Waals surface area contributed by atoms with E-state index >= 15 is 0 Å². The summed E-state index contributed by atoms with van der Waals surface area (Å²) in [6, 6.07) is -1.17. The molecule has 9 heavy (non-hydrogen) atoms. The molecule has 3 amide bonds. The highest BCUT2D eigenvalue weighted by Crippen LogP contribution is 1.95. The summed E-state index contributed by atoms with van der Waals surface area (Å²) in [6.45, 7) is -2.50. The number of urea groups is 1. The molecule has 0 bridgehead atoms. The van der Waals surface area contributed by atoms with E-state index in [9.17, 15) is 9.59 Å². The average Bonchev–Trinajstić information content (AvgIpc) is 2.11. The van der Waals surface area contributed by atoms with Crippen LogP contribution in [-0.4, -0.2) is 18.5 Å². The fourth-order valence-electron chi connectivity index (χ4n) is 0.414. The third-order valence-corrected chi connectivity index (χ3v) is 0.857. The van der Waals surface area contributed by atoms with Gasteiger partial charge in [-0.3, -0.25) is 10.1 Å². The first-order chi connectivity index (χ1) is 6.30. The van der Waals surface area contributed by atoms with Crippen molar-refractivity contribution in [1.82, 2.24) is 10.6 Å². The molecular weight excluding hydrogens is 120 g/mol. The van der Waals surface area contributed by atoms with Crippen molar-refractivity contribution in [2.75, 3.05) is 6.54 Å². The predicted octanol–water partition coefficient (Wildman–Crippen LogP) is -0.538. The second kappa shape index (κ2) is 2.05. The smallest absolute Gasteiger partial charge is 0.321 e. The molecule has 1 atom stereocenters. The van der Waals surface area contributed by atoms with E-state index in [-0.39, 0.29) is 10.6 Å². The molecule has 0 aromatic heterocycles. The Morgan fingerprint density at radius 3 is 3.44 bits per heavy atom. The second-order valence-corrected chi connectivity index (χ2v) is 1.54. The Balaban J connectivity index is 3.02. The topological polar surface area (TPSA) is 58.2 Å². The highest BCUT2D eigenvalue weighted by Gasteiger charge is 2.20. The van der Waals surface area contributed by atoms with E-state index in [0.717, 1.165) is 0 Å². The Morgan fingerprint density at radius 1 is 2.00 bits per heavy atom. The zero-order valence-corrected chi connectivity index (χ0v) is 4.50. The fraction of sp³-hybridized carbons (Fsp3) is 0.600. The summed E-state index contributed by atoms with van der Waals surface area (Å²) in [4.78, 5) is 22.1. The Bertz CT molecular complexity index is 285. The fourth-order valence-corrected chi connectivity index (χ4v) is 0.414. The number of rotatable bonds is 0. The van der Waals surface area contributed by atoms with Crippen molar-refractivity contribution in [1.29, 1.82) is 0 Å². The normalized spacial score (nSPS) is 45.7. The van der Waals surface area contributed by atoms with Gasteiger partial charge in [-0.1, -0.05) is 6.88 Å². The molecule has 50 valence electrons. The summed E-state index contributed by atoms with van der Waals surface area (Å²) in [5.41, 5.74) is 0. The zero-order chi connectivity index (χ0) is 11.1. The number of hydrogen-bond acceptors (Lipinski definition) is 2. The van der Waals surface area contributed by atoms with Crippen molar-refractivity contribution in [2.45, 2.75) is 6.88 Å². The van der Waals surface area contributed by atoms with Crippen molar-refractivity contribution in [3.05, 3.63) is 0 Å². The van der Waals surface area contributed by atoms with Crippen molar-refractivity contribution in [2.24, 2.45) is 5.89 Å². The summed E-state index contributed by atoms with van der Waals surface area (Å²) in [5.74, 6) is -3.47. The van der Waals surface area contributed by atoms with Crippen LogP contribution in [0.3, 0.4) is 0 Å². The van der Waals surface area contributed by atoms with Crippen molar-refractivity contribution >= 4 is 11.9 Å². The van der Waals surface area contributed by atoms with Crippen LogP contribution < -0.4 is 10.6 Å². The molecule has 0 aromatic rings. The molecular formula is C5H8N2O2. The largest absolute Gasteiger partial charge is 0.337 e. The van der Waals surface area contributed by atoms with Crippen LogP contribution in [0.25, 0.3) is 0 Å². The second-order valence-electron chi connectivity index (χ2n) is 1.54. The first kappa shape index (κ1) is 2.28. The molecule has 1 unspecified atom stereocenters. The van der Waals surface area contributed by atoms with Crippen molar-refractivity contribution < 1.29 is 16.5 Å². The van der Waals surface area contributed by atoms with Gasteiger partial charge in [0.15, 0.2) is 2.82 Å². The Hall–Kier alpha value is -1.06. The first-order valence-electron chi connectivity index (χ1n) is 4.84. The van der Waals surface area contributed by atoms with E-state index < -0.39 is 31.3 Å². The number of carbonyl (C=O) groups is 2. The molecule has 1 fully saturated rings. The Morgan fingerprint density at radius 2 is 2.78 bits per heavy atom. The molecule has 0 saturated carbocycles. The van der Waals surface area contributed by atoms with Gasteiger partial charge in [0.25, 0.3) is 0 Å². The summed E-state index contributed by atoms with van der Waals surface area (Å²) >= 11 is 0. The van der Waals surface area contributed by atoms with Crippen LogP contribution in [0.2, 0.25) is 2.82 Å². The summed E-state index contributed by atoms with van der Waals surface area (Å²) in [7, 11) is 0. The molecule has 1 heterocycles. The molecule has 1 rings (SSSR count). The quantitative estimate of drug-likeness (QED) is 0.466. The lowest BCUT2D eigenvalue weighted by Gasteiger charge is -2.17. The molecule has 1 aliphatic rings. The van der Waals surface area contributed by atoms with Crippen LogP contribution >= 0.6 is 0 Å². The van der Waals surface area contributed by atoms with Gasteiger partial charge in [0, 0.05) is 10.7 Å². The molecule has 2 N–H and O–H groups in total. The van der Waals surface area contributed by atoms with Crippen molar-refractivity contribution in [3.8, 4) is 0 Å². The number of nitrogens with one attached hydrogen (secondary N) is 2. The monoisotopic (exact) mass is 133 g/mol. The molecule has 0 spiro atoms. The number of carbonyl (C=O) groups excluding carboxylic acids is 2. The van der Waals surface area contributed by atoms with Crippen LogP contribution in [0.5, 0.6) is 0 Å². The number of amides is 3. The lowest BCUT2D eigenvalue weighted by molar-refractivity contribution is -0.123. The van der Waals surface area contributed by atoms with Crippen LogP contribution in [0, 0.1) is 5.89 Å². The van der Waals surface area contributed by atoms with E-state index in [4.69, 9.17) is 6.94 Å². The van der Waals surface area contributed by atoms with Gasteiger partial charge < -0.3 is 5.31 Å². The molecule has 0 aromatic carbocycles. The standard InChI is InChI=1S/C5H8N2O2/c1-3-2-6-5(9)7-4(3)8/h3H,2H2,1H3,(H2,6,7,8,9)/i1D2,3D/hD2. The number of imide groups is 1. The molecule has 0 aliphatic carbocycles. The lowest BCUT2D eigenvalue weighted by atomic mass is 10.1. The Kier molecular flexibility index (Phi) is 0.519. The number of hydrogen-bond donors (Lipinski definition) is 2. The first-order valence-corrected chi connectivity index (χ1v) is 2.29. The molecule has 1 aliphatic heterocycles. The lowest BCUT2D eigenvalue weighted by Crippen LogP contribution is -2.51. The summed E-state index contributed by atoms with van der Waals surface area (Å²) < 4.78 is 35.4. The minimum atomic E-state index is -2.24. The highest BCUT2D eigenvalue weighted by molar-refractivity contribution is 5.97. The average molecular weight is 133 g/mol. The molecule has 4 heteroatoms. The van der Waals surface area contributed by atoms with Gasteiger partial charge in [0.2, 0.25) is 5.91 Å². The van der Waals surface area contributed by atoms with E-state index in [0.29, 0.717) is 0 Å². The van der Waals surface area contributed by atoms with Crippen molar-refractivity contribution in [3.63, 3.8) is 0 Å². The minimum Gasteiger partial charge on any atom is -0.337 e. The minimum absolute atomic E-state index is 0.153. The van der Waals surface area contributed by atoms with Gasteiger partial charge in [-0.15, -0.1) is 0 Å². The van der Waals surface area contributed by atoms with Crippen LogP contribution in [0.4, 0.5) is 4.79 Å². The van der Waals surface area contributed by atoms with Gasteiger partial charge in [-0.25, -0.2) is 4.79 Å². The maximum Gasteiger partial charge on any atom is 0.321 e. The van der Waals surface area contributed by atoms with E-state index in [1.807, 2.05) is 0 Å². The predicted molar refractivity (Wildman–Crippen MR) is 30.7 cm³/mol. The Labute approximate surface area is 59.8 Å². The highest BCUT2D eigenvalue weighted by atomic mass is 16.2. The van der Waals surface area contributed by atoms with Gasteiger partial charge in [-0.05, 0) is 0 Å². The van der Waals surface area contributed by atoms with Gasteiger partial charge >= 0.3 is 6.03 Å².